The lowest BCUT2D eigenvalue weighted by Gasteiger charge is -2.39. The Hall–Kier alpha value is -17.3. The second-order valence-corrected chi connectivity index (χ2v) is 39.4. The molecule has 0 unspecified atom stereocenters. The predicted octanol–water partition coefficient (Wildman–Crippen LogP) is 26.6. The number of pyridine rings is 10. The van der Waals surface area contributed by atoms with Gasteiger partial charge in [-0.05, 0) is 307 Å². The van der Waals surface area contributed by atoms with Gasteiger partial charge in [0.1, 0.15) is 0 Å². The van der Waals surface area contributed by atoms with E-state index in [0.717, 1.165) is 113 Å². The molecule has 10 aromatic carbocycles. The Morgan fingerprint density at radius 1 is 0.136 bits per heavy atom. The number of benzene rings is 10. The molecule has 0 amide bonds. The first-order valence-corrected chi connectivity index (χ1v) is 49.1. The molecule has 15 heteroatoms. The molecule has 5 aliphatic carbocycles. The highest BCUT2D eigenvalue weighted by molar-refractivity contribution is 5.99. The van der Waals surface area contributed by atoms with Gasteiger partial charge in [0.2, 0.25) is 0 Å². The highest BCUT2D eigenvalue weighted by Crippen LogP contribution is 2.61. The summed E-state index contributed by atoms with van der Waals surface area (Å²) in [5.74, 6) is 0. The Balaban J connectivity index is 0.0000000806. The summed E-state index contributed by atoms with van der Waals surface area (Å²) < 4.78 is 0. The summed E-state index contributed by atoms with van der Waals surface area (Å²) in [6.07, 6.45) is 43.8. The highest BCUT2D eigenvalue weighted by Gasteiger charge is 2.43. The van der Waals surface area contributed by atoms with Crippen molar-refractivity contribution in [2.45, 2.75) is 96.3 Å². The lowest BCUT2D eigenvalue weighted by molar-refractivity contribution is 0.928. The molecule has 10 aliphatic heterocycles. The van der Waals surface area contributed by atoms with Gasteiger partial charge in [-0.15, -0.1) is 0 Å². The summed E-state index contributed by atoms with van der Waals surface area (Å²) in [7, 11) is 0. The van der Waals surface area contributed by atoms with Crippen LogP contribution in [0.15, 0.2) is 336 Å². The zero-order valence-electron chi connectivity index (χ0n) is 76.6. The van der Waals surface area contributed by atoms with Crippen molar-refractivity contribution in [1.29, 1.82) is 0 Å². The Bertz CT molecular complexity index is 7710. The van der Waals surface area contributed by atoms with Gasteiger partial charge in [0.05, 0.1) is 114 Å². The second-order valence-electron chi connectivity index (χ2n) is 39.4. The van der Waals surface area contributed by atoms with Crippen LogP contribution in [-0.4, -0.2) is 49.8 Å². The maximum atomic E-state index is 4.80. The molecule has 10 aromatic heterocycles. The Morgan fingerprint density at radius 3 is 0.779 bits per heavy atom. The SMILES string of the molecule is c1ccc2c(c1)Cc1c-2ccc2c1Cc1ccnc3c1N2c1ccncc1C3.c1ccc2c(c1)Cc1c-2ccc2c1Cc1cncc3c1N2c1cccnc1C3.c1ccc2c(c1)Cc1c-2ccc2c1Cc1cncc3c1N2c1ccncc1C3.c1ccc2c(c1)Cc1c-2ccc2c1Cc1nccc3c1N2c1cccnc1C3.c1ccc2c(c1)Cc1c-2ccc2c1Cc1nccc3c1N2c1ccncc1C3. The molecule has 0 spiro atoms. The van der Waals surface area contributed by atoms with Gasteiger partial charge in [-0.1, -0.05) is 152 Å². The van der Waals surface area contributed by atoms with E-state index in [0.29, 0.717) is 0 Å². The summed E-state index contributed by atoms with van der Waals surface area (Å²) >= 11 is 0. The fraction of sp³-hybridized carbons (Fsp3) is 0.120. The van der Waals surface area contributed by atoms with E-state index in [1.54, 1.807) is 0 Å². The van der Waals surface area contributed by atoms with Gasteiger partial charge >= 0.3 is 0 Å². The third-order valence-electron chi connectivity index (χ3n) is 32.3. The van der Waals surface area contributed by atoms with Crippen molar-refractivity contribution in [3.8, 4) is 55.6 Å². The molecular formula is C125H85N15. The fourth-order valence-corrected chi connectivity index (χ4v) is 26.4. The zero-order chi connectivity index (χ0) is 91.2. The minimum atomic E-state index is 0.856. The van der Waals surface area contributed by atoms with Crippen LogP contribution in [0.2, 0.25) is 0 Å². The van der Waals surface area contributed by atoms with Crippen LogP contribution < -0.4 is 24.5 Å². The number of fused-ring (bicyclic) bond motifs is 40. The van der Waals surface area contributed by atoms with Crippen molar-refractivity contribution in [1.82, 2.24) is 49.8 Å². The van der Waals surface area contributed by atoms with Crippen LogP contribution in [0.4, 0.5) is 85.3 Å². The molecule has 0 saturated heterocycles. The van der Waals surface area contributed by atoms with Gasteiger partial charge < -0.3 is 24.5 Å². The molecular weight excluding hydrogens is 1710 g/mol. The monoisotopic (exact) mass is 1800 g/mol. The van der Waals surface area contributed by atoms with Crippen LogP contribution in [0.1, 0.15) is 168 Å². The maximum Gasteiger partial charge on any atom is 0.0717 e. The molecule has 20 heterocycles. The number of aromatic nitrogens is 10. The first-order chi connectivity index (χ1) is 69.4. The van der Waals surface area contributed by atoms with Gasteiger partial charge in [0, 0.05) is 168 Å². The predicted molar refractivity (Wildman–Crippen MR) is 553 cm³/mol. The van der Waals surface area contributed by atoms with Gasteiger partial charge in [-0.3, -0.25) is 49.8 Å². The molecule has 140 heavy (non-hydrogen) atoms. The van der Waals surface area contributed by atoms with Crippen molar-refractivity contribution in [2.75, 3.05) is 24.5 Å². The Morgan fingerprint density at radius 2 is 0.393 bits per heavy atom. The van der Waals surface area contributed by atoms with Crippen molar-refractivity contribution < 1.29 is 0 Å². The number of hydrogen-bond acceptors (Lipinski definition) is 15. The van der Waals surface area contributed by atoms with E-state index in [4.69, 9.17) is 15.0 Å². The first kappa shape index (κ1) is 77.9. The molecule has 0 atom stereocenters. The van der Waals surface area contributed by atoms with Gasteiger partial charge in [-0.2, -0.15) is 0 Å². The quantitative estimate of drug-likeness (QED) is 0.142. The van der Waals surface area contributed by atoms with Gasteiger partial charge in [-0.25, -0.2) is 0 Å². The zero-order valence-corrected chi connectivity index (χ0v) is 76.6. The molecule has 0 bridgehead atoms. The minimum absolute atomic E-state index is 0.856. The summed E-state index contributed by atoms with van der Waals surface area (Å²) in [4.78, 5) is 58.1. The lowest BCUT2D eigenvalue weighted by atomic mass is 9.85. The van der Waals surface area contributed by atoms with Crippen LogP contribution in [0.3, 0.4) is 0 Å². The van der Waals surface area contributed by atoms with Crippen molar-refractivity contribution in [2.24, 2.45) is 0 Å². The normalized spacial score (nSPS) is 14.6. The summed E-state index contributed by atoms with van der Waals surface area (Å²) in [5.41, 5.74) is 73.7. The lowest BCUT2D eigenvalue weighted by Crippen LogP contribution is -2.26. The number of rotatable bonds is 0. The molecule has 15 aliphatic rings. The Labute approximate surface area is 809 Å². The molecule has 660 valence electrons. The van der Waals surface area contributed by atoms with E-state index in [9.17, 15) is 0 Å². The third kappa shape index (κ3) is 11.5. The molecule has 15 nitrogen and oxygen atoms in total. The molecule has 0 radical (unpaired) electrons. The van der Waals surface area contributed by atoms with Crippen molar-refractivity contribution in [3.63, 3.8) is 0 Å². The average molecular weight is 1800 g/mol. The maximum absolute atomic E-state index is 4.80. The second kappa shape index (κ2) is 30.1. The standard InChI is InChI=1S/5C25H17N3/c1-2-5-17-15(4-1)12-19-18(17)7-8-23-20(19)14-22-25-16(9-11-27-22)13-21-24(28(23)25)6-3-10-26-21;1-2-5-18-15(4-1)10-20-19(18)7-8-23-21(20)11-16-13-26-14-17-12-22-24(6-3-9-27-22)28(23)25(16)17;1-2-4-18-15(3-1)12-20-19(18)5-6-24-21(20)13-22-25-16(7-10-27-22)11-17-14-26-9-8-23(17)28(24)25;1-2-4-18-15(3-1)11-20-19(18)5-6-24-21(20)12-16-7-10-27-22-13-17-14-26-9-8-23(17)28(24)25(16)22;1-2-4-19-15(3-1)10-21-20(19)5-6-24-22(21)11-18-14-27-13-17-9-16-12-26-8-7-23(16)28(24)25(17)18/h1-11H,12-14H2;1-9,13-14H,10-12H2;2*1-10,14H,11-13H2;1-8,12-14H,9-11H2. The average Bonchev–Trinajstić information content (AvgIpc) is 1.03. The van der Waals surface area contributed by atoms with Crippen molar-refractivity contribution >= 4 is 85.3 Å². The highest BCUT2D eigenvalue weighted by atomic mass is 15.2. The van der Waals surface area contributed by atoms with Gasteiger partial charge in [0.15, 0.2) is 0 Å². The third-order valence-corrected chi connectivity index (χ3v) is 32.3. The Kier molecular flexibility index (Phi) is 16.8. The summed E-state index contributed by atoms with van der Waals surface area (Å²) in [6, 6.07) is 88.6. The van der Waals surface area contributed by atoms with Crippen LogP contribution >= 0.6 is 0 Å². The molecule has 0 N–H and O–H groups in total. The van der Waals surface area contributed by atoms with E-state index >= 15 is 0 Å². The number of nitrogens with zero attached hydrogens (tertiary/aromatic N) is 15. The summed E-state index contributed by atoms with van der Waals surface area (Å²) in [6.45, 7) is 0. The van der Waals surface area contributed by atoms with E-state index in [1.807, 2.05) is 92.7 Å². The largest absolute Gasteiger partial charge is 0.309 e. The first-order valence-electron chi connectivity index (χ1n) is 49.1. The smallest absolute Gasteiger partial charge is 0.0717 e. The fourth-order valence-electron chi connectivity index (χ4n) is 26.4. The number of hydrogen-bond donors (Lipinski definition) is 0. The minimum Gasteiger partial charge on any atom is -0.309 e. The van der Waals surface area contributed by atoms with Crippen LogP contribution in [0.25, 0.3) is 55.6 Å². The van der Waals surface area contributed by atoms with Crippen LogP contribution in [-0.2, 0) is 96.3 Å². The van der Waals surface area contributed by atoms with E-state index < -0.39 is 0 Å². The summed E-state index contributed by atoms with van der Waals surface area (Å²) in [5, 5.41) is 0. The van der Waals surface area contributed by atoms with E-state index in [-0.39, 0.29) is 0 Å². The van der Waals surface area contributed by atoms with Crippen molar-refractivity contribution in [3.05, 3.63) is 503 Å². The van der Waals surface area contributed by atoms with Gasteiger partial charge in [0.25, 0.3) is 0 Å². The van der Waals surface area contributed by atoms with Crippen LogP contribution in [0.5, 0.6) is 0 Å². The van der Waals surface area contributed by atoms with E-state index in [1.165, 1.54) is 291 Å². The molecule has 0 saturated carbocycles. The van der Waals surface area contributed by atoms with Crippen LogP contribution in [0, 0.1) is 0 Å². The topological polar surface area (TPSA) is 145 Å². The molecule has 35 rings (SSSR count). The number of anilines is 15. The van der Waals surface area contributed by atoms with E-state index in [2.05, 4.69) is 302 Å². The molecule has 20 aromatic rings. The molecule has 0 fully saturated rings.